The molecule has 1 heterocycles. The van der Waals surface area contributed by atoms with Crippen LogP contribution in [0.2, 0.25) is 0 Å². The van der Waals surface area contributed by atoms with Crippen LogP contribution in [0.1, 0.15) is 16.7 Å². The number of hydrogen-bond donors (Lipinski definition) is 1. The molecule has 0 bridgehead atoms. The van der Waals surface area contributed by atoms with Crippen LogP contribution in [-0.2, 0) is 4.79 Å². The molecular weight excluding hydrogens is 364 g/mol. The number of carbonyl (C=O) groups is 2. The molecule has 0 radical (unpaired) electrons. The van der Waals surface area contributed by atoms with E-state index in [2.05, 4.69) is 11.4 Å². The first kappa shape index (κ1) is 18.6. The summed E-state index contributed by atoms with van der Waals surface area (Å²) in [6.07, 6.45) is 3.79. The predicted molar refractivity (Wildman–Crippen MR) is 110 cm³/mol. The Bertz CT molecular complexity index is 876. The van der Waals surface area contributed by atoms with Crippen molar-refractivity contribution in [2.75, 3.05) is 18.2 Å². The van der Waals surface area contributed by atoms with Gasteiger partial charge in [-0.25, -0.2) is 0 Å². The van der Waals surface area contributed by atoms with Crippen molar-refractivity contribution in [1.29, 1.82) is 0 Å². The van der Waals surface area contributed by atoms with Crippen molar-refractivity contribution in [1.82, 2.24) is 4.90 Å². The lowest BCUT2D eigenvalue weighted by Gasteiger charge is -2.16. The van der Waals surface area contributed by atoms with Crippen molar-refractivity contribution < 1.29 is 9.59 Å². The number of rotatable bonds is 5. The summed E-state index contributed by atoms with van der Waals surface area (Å²) in [4.78, 5) is 27.7. The number of imide groups is 1. The second kappa shape index (κ2) is 8.01. The molecule has 2 aromatic rings. The Morgan fingerprint density at radius 3 is 2.50 bits per heavy atom. The van der Waals surface area contributed by atoms with E-state index in [0.29, 0.717) is 4.91 Å². The van der Waals surface area contributed by atoms with Gasteiger partial charge >= 0.3 is 0 Å². The zero-order valence-electron chi connectivity index (χ0n) is 14.9. The smallest absolute Gasteiger partial charge is 0.295 e. The van der Waals surface area contributed by atoms with Crippen LogP contribution in [0.3, 0.4) is 0 Å². The number of carbonyl (C=O) groups excluding carboxylic acids is 2. The van der Waals surface area contributed by atoms with Gasteiger partial charge in [0.05, 0.1) is 11.6 Å². The predicted octanol–water partition coefficient (Wildman–Crippen LogP) is 5.13. The molecule has 4 nitrogen and oxygen atoms in total. The van der Waals surface area contributed by atoms with E-state index in [4.69, 9.17) is 0 Å². The third-order valence-corrected chi connectivity index (χ3v) is 5.75. The first-order valence-electron chi connectivity index (χ1n) is 8.18. The lowest BCUT2D eigenvalue weighted by Crippen LogP contribution is -2.33. The summed E-state index contributed by atoms with van der Waals surface area (Å²) in [7, 11) is 0. The van der Waals surface area contributed by atoms with E-state index in [0.717, 1.165) is 33.5 Å². The zero-order valence-corrected chi connectivity index (χ0v) is 16.5. The Labute approximate surface area is 162 Å². The fourth-order valence-electron chi connectivity index (χ4n) is 2.66. The number of amides is 2. The van der Waals surface area contributed by atoms with E-state index in [1.54, 1.807) is 17.8 Å². The van der Waals surface area contributed by atoms with Crippen molar-refractivity contribution in [3.8, 4) is 0 Å². The summed E-state index contributed by atoms with van der Waals surface area (Å²) in [5, 5.41) is 2.93. The van der Waals surface area contributed by atoms with Crippen LogP contribution in [0.15, 0.2) is 52.3 Å². The van der Waals surface area contributed by atoms with Gasteiger partial charge in [0.15, 0.2) is 0 Å². The van der Waals surface area contributed by atoms with Gasteiger partial charge in [0, 0.05) is 10.6 Å². The standard InChI is InChI=1S/C20H20N2O2S2/c1-13-4-9-17(14(2)10-13)21-12-22-19(23)18(26-20(22)24)11-15-5-7-16(25-3)8-6-15/h4-11,21H,12H2,1-3H3/b18-11+. The summed E-state index contributed by atoms with van der Waals surface area (Å²) < 4.78 is 0. The van der Waals surface area contributed by atoms with Gasteiger partial charge in [0.1, 0.15) is 0 Å². The molecule has 0 aromatic heterocycles. The maximum Gasteiger partial charge on any atom is 0.295 e. The second-order valence-electron chi connectivity index (χ2n) is 6.04. The summed E-state index contributed by atoms with van der Waals surface area (Å²) >= 11 is 2.65. The first-order valence-corrected chi connectivity index (χ1v) is 10.2. The lowest BCUT2D eigenvalue weighted by atomic mass is 10.1. The Kier molecular flexibility index (Phi) is 5.74. The average molecular weight is 385 g/mol. The molecule has 0 atom stereocenters. The molecule has 2 amide bonds. The SMILES string of the molecule is CSc1ccc(/C=C2/SC(=O)N(CNc3ccc(C)cc3C)C2=O)cc1. The van der Waals surface area contributed by atoms with E-state index in [-0.39, 0.29) is 17.8 Å². The largest absolute Gasteiger partial charge is 0.367 e. The number of anilines is 1. The van der Waals surface area contributed by atoms with Crippen molar-refractivity contribution in [2.45, 2.75) is 18.7 Å². The molecule has 1 fully saturated rings. The van der Waals surface area contributed by atoms with Crippen molar-refractivity contribution >= 4 is 46.4 Å². The molecule has 26 heavy (non-hydrogen) atoms. The second-order valence-corrected chi connectivity index (χ2v) is 7.91. The minimum Gasteiger partial charge on any atom is -0.367 e. The number of benzene rings is 2. The minimum absolute atomic E-state index is 0.164. The normalized spacial score (nSPS) is 15.8. The highest BCUT2D eigenvalue weighted by Gasteiger charge is 2.34. The molecule has 2 aromatic carbocycles. The molecule has 134 valence electrons. The van der Waals surface area contributed by atoms with Crippen LogP contribution in [0.4, 0.5) is 10.5 Å². The number of nitrogens with zero attached hydrogens (tertiary/aromatic N) is 1. The molecule has 1 aliphatic rings. The number of nitrogens with one attached hydrogen (secondary N) is 1. The fraction of sp³-hybridized carbons (Fsp3) is 0.200. The topological polar surface area (TPSA) is 49.4 Å². The van der Waals surface area contributed by atoms with E-state index >= 15 is 0 Å². The van der Waals surface area contributed by atoms with E-state index in [1.165, 1.54) is 10.5 Å². The zero-order chi connectivity index (χ0) is 18.7. The van der Waals surface area contributed by atoms with Crippen LogP contribution in [0.25, 0.3) is 6.08 Å². The number of aryl methyl sites for hydroxylation is 2. The minimum atomic E-state index is -0.258. The highest BCUT2D eigenvalue weighted by Crippen LogP contribution is 2.32. The summed E-state index contributed by atoms with van der Waals surface area (Å²) in [5.41, 5.74) is 4.10. The van der Waals surface area contributed by atoms with Crippen LogP contribution >= 0.6 is 23.5 Å². The molecule has 6 heteroatoms. The number of hydrogen-bond acceptors (Lipinski definition) is 5. The maximum atomic E-state index is 12.6. The summed E-state index contributed by atoms with van der Waals surface area (Å²) in [5.74, 6) is -0.258. The van der Waals surface area contributed by atoms with Gasteiger partial charge in [-0.15, -0.1) is 11.8 Å². The Morgan fingerprint density at radius 2 is 1.85 bits per heavy atom. The maximum absolute atomic E-state index is 12.6. The molecule has 0 aliphatic carbocycles. The van der Waals surface area contributed by atoms with Gasteiger partial charge in [0.2, 0.25) is 0 Å². The van der Waals surface area contributed by atoms with Crippen LogP contribution in [-0.4, -0.2) is 29.0 Å². The lowest BCUT2D eigenvalue weighted by molar-refractivity contribution is -0.122. The molecule has 0 spiro atoms. The van der Waals surface area contributed by atoms with E-state index in [1.807, 2.05) is 56.5 Å². The quantitative estimate of drug-likeness (QED) is 0.572. The summed E-state index contributed by atoms with van der Waals surface area (Å²) in [6.45, 7) is 4.20. The monoisotopic (exact) mass is 384 g/mol. The highest BCUT2D eigenvalue weighted by molar-refractivity contribution is 8.18. The number of thioether (sulfide) groups is 2. The highest BCUT2D eigenvalue weighted by atomic mass is 32.2. The molecule has 3 rings (SSSR count). The Hall–Kier alpha value is -2.18. The fourth-order valence-corrected chi connectivity index (χ4v) is 3.91. The van der Waals surface area contributed by atoms with E-state index < -0.39 is 0 Å². The molecule has 1 N–H and O–H groups in total. The van der Waals surface area contributed by atoms with Gasteiger partial charge in [-0.1, -0.05) is 29.8 Å². The van der Waals surface area contributed by atoms with Gasteiger partial charge in [-0.2, -0.15) is 0 Å². The average Bonchev–Trinajstić information content (AvgIpc) is 2.88. The Morgan fingerprint density at radius 1 is 1.12 bits per heavy atom. The van der Waals surface area contributed by atoms with E-state index in [9.17, 15) is 9.59 Å². The van der Waals surface area contributed by atoms with Crippen molar-refractivity contribution in [2.24, 2.45) is 0 Å². The molecule has 0 unspecified atom stereocenters. The van der Waals surface area contributed by atoms with Crippen LogP contribution in [0, 0.1) is 13.8 Å². The van der Waals surface area contributed by atoms with Crippen LogP contribution < -0.4 is 5.32 Å². The van der Waals surface area contributed by atoms with Gasteiger partial charge in [0.25, 0.3) is 11.1 Å². The summed E-state index contributed by atoms with van der Waals surface area (Å²) in [6, 6.07) is 13.9. The molecular formula is C20H20N2O2S2. The third kappa shape index (κ3) is 4.14. The Balaban J connectivity index is 1.70. The van der Waals surface area contributed by atoms with Gasteiger partial charge in [-0.05, 0) is 67.3 Å². The van der Waals surface area contributed by atoms with Gasteiger partial charge in [-0.3, -0.25) is 14.5 Å². The van der Waals surface area contributed by atoms with Gasteiger partial charge < -0.3 is 5.32 Å². The first-order chi connectivity index (χ1) is 12.5. The molecule has 1 saturated heterocycles. The van der Waals surface area contributed by atoms with Crippen LogP contribution in [0.5, 0.6) is 0 Å². The molecule has 0 saturated carbocycles. The third-order valence-electron chi connectivity index (χ3n) is 4.10. The molecule has 1 aliphatic heterocycles. The van der Waals surface area contributed by atoms with Crippen molar-refractivity contribution in [3.63, 3.8) is 0 Å². The van der Waals surface area contributed by atoms with Crippen molar-refractivity contribution in [3.05, 3.63) is 64.1 Å².